The fourth-order valence-electron chi connectivity index (χ4n) is 1.24. The Hall–Kier alpha value is -1.91. The Balaban J connectivity index is 3.15. The fourth-order valence-corrected chi connectivity index (χ4v) is 1.24. The van der Waals surface area contributed by atoms with E-state index in [0.717, 1.165) is 5.56 Å². The summed E-state index contributed by atoms with van der Waals surface area (Å²) in [5.74, 6) is -0.0706. The number of nitrogens with one attached hydrogen (secondary N) is 1. The van der Waals surface area contributed by atoms with Gasteiger partial charge in [0.05, 0.1) is 10.8 Å². The van der Waals surface area contributed by atoms with Gasteiger partial charge in [0.1, 0.15) is 0 Å². The van der Waals surface area contributed by atoms with Crippen LogP contribution in [0.4, 0.5) is 5.69 Å². The summed E-state index contributed by atoms with van der Waals surface area (Å²) in [7, 11) is 0. The highest BCUT2D eigenvalue weighted by Gasteiger charge is 2.13. The summed E-state index contributed by atoms with van der Waals surface area (Å²) in [4.78, 5) is 10.1. The van der Waals surface area contributed by atoms with Crippen LogP contribution in [0.5, 0.6) is 0 Å². The third-order valence-corrected chi connectivity index (χ3v) is 1.81. The molecule has 0 fully saturated rings. The Morgan fingerprint density at radius 1 is 1.64 bits per heavy atom. The third-order valence-electron chi connectivity index (χ3n) is 1.81. The lowest BCUT2D eigenvalue weighted by atomic mass is 10.1. The number of nitrogens with two attached hydrogens (primary N) is 1. The van der Waals surface area contributed by atoms with Gasteiger partial charge in [-0.25, -0.2) is 0 Å². The predicted molar refractivity (Wildman–Crippen MR) is 53.5 cm³/mol. The van der Waals surface area contributed by atoms with Crippen LogP contribution in [0.25, 0.3) is 0 Å². The highest BCUT2D eigenvalue weighted by molar-refractivity contribution is 5.80. The zero-order chi connectivity index (χ0) is 10.7. The van der Waals surface area contributed by atoms with Gasteiger partial charge in [-0.3, -0.25) is 15.5 Å². The minimum Gasteiger partial charge on any atom is -0.387 e. The van der Waals surface area contributed by atoms with Crippen molar-refractivity contribution < 1.29 is 4.92 Å². The lowest BCUT2D eigenvalue weighted by Crippen LogP contribution is -2.13. The maximum atomic E-state index is 10.6. The van der Waals surface area contributed by atoms with Gasteiger partial charge in [0.25, 0.3) is 5.69 Å². The van der Waals surface area contributed by atoms with Gasteiger partial charge in [0.15, 0.2) is 0 Å². The first-order chi connectivity index (χ1) is 6.50. The molecule has 3 N–H and O–H groups in total. The monoisotopic (exact) mass is 193 g/mol. The molecule has 5 nitrogen and oxygen atoms in total. The van der Waals surface area contributed by atoms with E-state index in [1.54, 1.807) is 12.1 Å². The maximum absolute atomic E-state index is 10.6. The number of hydrogen-bond donors (Lipinski definition) is 2. The molecule has 0 aliphatic carbocycles. The average molecular weight is 193 g/mol. The van der Waals surface area contributed by atoms with Crippen molar-refractivity contribution in [2.24, 2.45) is 5.73 Å². The van der Waals surface area contributed by atoms with Crippen molar-refractivity contribution in [3.63, 3.8) is 0 Å². The summed E-state index contributed by atoms with van der Waals surface area (Å²) >= 11 is 0. The first kappa shape index (κ1) is 10.2. The van der Waals surface area contributed by atoms with Gasteiger partial charge in [-0.05, 0) is 13.0 Å². The Kier molecular flexibility index (Phi) is 2.81. The minimum absolute atomic E-state index is 0.0193. The highest BCUT2D eigenvalue weighted by Crippen LogP contribution is 2.19. The van der Waals surface area contributed by atoms with Gasteiger partial charge in [-0.2, -0.15) is 0 Å². The largest absolute Gasteiger partial charge is 0.387 e. The molecule has 1 aromatic carbocycles. The zero-order valence-electron chi connectivity index (χ0n) is 7.78. The zero-order valence-corrected chi connectivity index (χ0v) is 7.78. The van der Waals surface area contributed by atoms with Gasteiger partial charge in [-0.15, -0.1) is 0 Å². The van der Waals surface area contributed by atoms with Gasteiger partial charge < -0.3 is 5.73 Å². The number of hydrogen-bond acceptors (Lipinski definition) is 3. The normalized spacial score (nSPS) is 9.79. The summed E-state index contributed by atoms with van der Waals surface area (Å²) in [5, 5.41) is 17.7. The van der Waals surface area contributed by atoms with Crippen molar-refractivity contribution >= 4 is 11.5 Å². The Morgan fingerprint density at radius 3 is 2.79 bits per heavy atom. The van der Waals surface area contributed by atoms with Crippen LogP contribution in [0.1, 0.15) is 11.1 Å². The fraction of sp³-hybridized carbons (Fsp3) is 0.222. The van der Waals surface area contributed by atoms with Crippen LogP contribution < -0.4 is 5.73 Å². The number of amidine groups is 1. The first-order valence-electron chi connectivity index (χ1n) is 4.07. The molecule has 0 spiro atoms. The molecule has 5 heteroatoms. The Morgan fingerprint density at radius 2 is 2.29 bits per heavy atom. The van der Waals surface area contributed by atoms with Gasteiger partial charge in [0, 0.05) is 18.1 Å². The number of benzene rings is 1. The van der Waals surface area contributed by atoms with E-state index in [1.165, 1.54) is 6.07 Å². The molecular formula is C9H11N3O2. The standard InChI is InChI=1S/C9H11N3O2/c1-6-2-3-8(12(13)14)7(4-6)5-9(10)11/h2-4H,5H2,1H3,(H3,10,11). The Bertz CT molecular complexity index is 388. The van der Waals surface area contributed by atoms with Gasteiger partial charge in [-0.1, -0.05) is 11.6 Å². The summed E-state index contributed by atoms with van der Waals surface area (Å²) in [6.07, 6.45) is 0.123. The highest BCUT2D eigenvalue weighted by atomic mass is 16.6. The molecule has 74 valence electrons. The molecule has 1 rings (SSSR count). The van der Waals surface area contributed by atoms with Crippen molar-refractivity contribution in [1.29, 1.82) is 5.41 Å². The van der Waals surface area contributed by atoms with E-state index in [4.69, 9.17) is 11.1 Å². The van der Waals surface area contributed by atoms with Gasteiger partial charge in [0.2, 0.25) is 0 Å². The predicted octanol–water partition coefficient (Wildman–Crippen LogP) is 1.38. The van der Waals surface area contributed by atoms with Crippen molar-refractivity contribution in [2.75, 3.05) is 0 Å². The molecule has 0 amide bonds. The van der Waals surface area contributed by atoms with E-state index >= 15 is 0 Å². The summed E-state index contributed by atoms with van der Waals surface area (Å²) in [6.45, 7) is 1.84. The molecule has 0 bridgehead atoms. The van der Waals surface area contributed by atoms with Crippen LogP contribution in [-0.2, 0) is 6.42 Å². The molecule has 0 aromatic heterocycles. The lowest BCUT2D eigenvalue weighted by molar-refractivity contribution is -0.385. The van der Waals surface area contributed by atoms with Crippen LogP contribution in [0.2, 0.25) is 0 Å². The summed E-state index contributed by atoms with van der Waals surface area (Å²) in [6, 6.07) is 4.79. The molecular weight excluding hydrogens is 182 g/mol. The number of aryl methyl sites for hydroxylation is 1. The second kappa shape index (κ2) is 3.87. The second-order valence-corrected chi connectivity index (χ2v) is 3.09. The van der Waals surface area contributed by atoms with E-state index in [9.17, 15) is 10.1 Å². The van der Waals surface area contributed by atoms with E-state index in [1.807, 2.05) is 6.92 Å². The van der Waals surface area contributed by atoms with Crippen LogP contribution in [-0.4, -0.2) is 10.8 Å². The molecule has 0 saturated carbocycles. The average Bonchev–Trinajstić information content (AvgIpc) is 2.01. The molecule has 0 saturated heterocycles. The quantitative estimate of drug-likeness (QED) is 0.328. The van der Waals surface area contributed by atoms with E-state index < -0.39 is 4.92 Å². The molecule has 0 atom stereocenters. The topological polar surface area (TPSA) is 93.0 Å². The van der Waals surface area contributed by atoms with Crippen LogP contribution in [0.15, 0.2) is 18.2 Å². The van der Waals surface area contributed by atoms with Crippen molar-refractivity contribution in [2.45, 2.75) is 13.3 Å². The number of rotatable bonds is 3. The van der Waals surface area contributed by atoms with E-state index in [2.05, 4.69) is 0 Å². The SMILES string of the molecule is Cc1ccc([N+](=O)[O-])c(CC(=N)N)c1. The van der Waals surface area contributed by atoms with Crippen LogP contribution in [0, 0.1) is 22.4 Å². The van der Waals surface area contributed by atoms with Crippen molar-refractivity contribution in [1.82, 2.24) is 0 Å². The van der Waals surface area contributed by atoms with Crippen LogP contribution >= 0.6 is 0 Å². The maximum Gasteiger partial charge on any atom is 0.273 e. The van der Waals surface area contributed by atoms with Crippen molar-refractivity contribution in [3.05, 3.63) is 39.4 Å². The molecule has 0 heterocycles. The minimum atomic E-state index is -0.461. The summed E-state index contributed by atoms with van der Waals surface area (Å²) < 4.78 is 0. The van der Waals surface area contributed by atoms with E-state index in [0.29, 0.717) is 5.56 Å². The van der Waals surface area contributed by atoms with Crippen molar-refractivity contribution in [3.8, 4) is 0 Å². The lowest BCUT2D eigenvalue weighted by Gasteiger charge is -2.02. The van der Waals surface area contributed by atoms with Crippen LogP contribution in [0.3, 0.4) is 0 Å². The summed E-state index contributed by atoms with van der Waals surface area (Å²) in [5.41, 5.74) is 6.63. The number of nitrogens with zero attached hydrogens (tertiary/aromatic N) is 1. The molecule has 0 aliphatic heterocycles. The van der Waals surface area contributed by atoms with Gasteiger partial charge >= 0.3 is 0 Å². The first-order valence-corrected chi connectivity index (χ1v) is 4.07. The van der Waals surface area contributed by atoms with E-state index in [-0.39, 0.29) is 17.9 Å². The number of nitro benzene ring substituents is 1. The second-order valence-electron chi connectivity index (χ2n) is 3.09. The molecule has 1 aromatic rings. The molecule has 14 heavy (non-hydrogen) atoms. The third kappa shape index (κ3) is 2.29. The smallest absolute Gasteiger partial charge is 0.273 e. The molecule has 0 radical (unpaired) electrons. The number of nitro groups is 1. The Labute approximate surface area is 81.2 Å². The molecule has 0 unspecified atom stereocenters. The molecule has 0 aliphatic rings.